The molecule has 0 spiro atoms. The molecule has 0 unspecified atom stereocenters. The number of benzene rings is 2. The van der Waals surface area contributed by atoms with Gasteiger partial charge in [-0.1, -0.05) is 28.1 Å². The number of rotatable bonds is 5. The number of nitrogens with zero attached hydrogens (tertiary/aromatic N) is 3. The molecule has 3 aromatic rings. The fraction of sp³-hybridized carbons (Fsp3) is 0.250. The summed E-state index contributed by atoms with van der Waals surface area (Å²) in [6.45, 7) is 3.79. The number of pyridine rings is 1. The van der Waals surface area contributed by atoms with E-state index in [2.05, 4.69) is 25.8 Å². The van der Waals surface area contributed by atoms with Gasteiger partial charge >= 0.3 is 0 Å². The molecular formula is C24H23BrFN3O2. The number of halogens is 2. The molecule has 0 aliphatic carbocycles. The third-order valence-electron chi connectivity index (χ3n) is 5.21. The zero-order valence-electron chi connectivity index (χ0n) is 17.0. The standard InChI is InChI=1S/C24H23BrFN3O2/c25-20-5-9-22(10-6-20)31-23-11-4-19(16-27-23)24(30)29-13-1-12-28(14-15-29)17-18-2-7-21(26)8-3-18/h2-11,16H,1,12-15,17H2. The maximum atomic E-state index is 13.1. The summed E-state index contributed by atoms with van der Waals surface area (Å²) in [5, 5.41) is 0. The van der Waals surface area contributed by atoms with E-state index in [1.54, 1.807) is 18.3 Å². The van der Waals surface area contributed by atoms with E-state index in [0.717, 1.165) is 36.1 Å². The van der Waals surface area contributed by atoms with E-state index in [0.29, 0.717) is 30.3 Å². The quantitative estimate of drug-likeness (QED) is 0.504. The van der Waals surface area contributed by atoms with Crippen LogP contribution in [0, 0.1) is 5.82 Å². The molecule has 1 fully saturated rings. The fourth-order valence-corrected chi connectivity index (χ4v) is 3.82. The zero-order chi connectivity index (χ0) is 21.6. The number of amides is 1. The van der Waals surface area contributed by atoms with Crippen LogP contribution < -0.4 is 4.74 Å². The summed E-state index contributed by atoms with van der Waals surface area (Å²) in [6, 6.07) is 17.6. The molecule has 1 aromatic heterocycles. The predicted octanol–water partition coefficient (Wildman–Crippen LogP) is 5.12. The van der Waals surface area contributed by atoms with Crippen molar-refractivity contribution in [3.63, 3.8) is 0 Å². The van der Waals surface area contributed by atoms with Crippen LogP contribution >= 0.6 is 15.9 Å². The van der Waals surface area contributed by atoms with Crippen molar-refractivity contribution < 1.29 is 13.9 Å². The Kier molecular flexibility index (Phi) is 6.94. The summed E-state index contributed by atoms with van der Waals surface area (Å²) in [5.41, 5.74) is 1.63. The topological polar surface area (TPSA) is 45.7 Å². The normalized spacial score (nSPS) is 14.8. The summed E-state index contributed by atoms with van der Waals surface area (Å²) in [5.74, 6) is 0.883. The van der Waals surface area contributed by atoms with Crippen molar-refractivity contribution in [3.8, 4) is 11.6 Å². The molecule has 2 heterocycles. The van der Waals surface area contributed by atoms with Gasteiger partial charge in [0.25, 0.3) is 5.91 Å². The molecule has 7 heteroatoms. The molecule has 2 aromatic carbocycles. The zero-order valence-corrected chi connectivity index (χ0v) is 18.6. The second kappa shape index (κ2) is 10.0. The largest absolute Gasteiger partial charge is 0.439 e. The van der Waals surface area contributed by atoms with Gasteiger partial charge in [0.05, 0.1) is 5.56 Å². The minimum Gasteiger partial charge on any atom is -0.439 e. The predicted molar refractivity (Wildman–Crippen MR) is 121 cm³/mol. The van der Waals surface area contributed by atoms with Crippen molar-refractivity contribution in [3.05, 3.63) is 88.3 Å². The van der Waals surface area contributed by atoms with Gasteiger partial charge in [-0.05, 0) is 54.4 Å². The van der Waals surface area contributed by atoms with Crippen LogP contribution in [0.25, 0.3) is 0 Å². The molecule has 160 valence electrons. The Labute approximate surface area is 189 Å². The van der Waals surface area contributed by atoms with E-state index >= 15 is 0 Å². The first kappa shape index (κ1) is 21.5. The van der Waals surface area contributed by atoms with Gasteiger partial charge in [-0.25, -0.2) is 9.37 Å². The summed E-state index contributed by atoms with van der Waals surface area (Å²) >= 11 is 3.39. The second-order valence-corrected chi connectivity index (χ2v) is 8.41. The third kappa shape index (κ3) is 5.89. The van der Waals surface area contributed by atoms with Crippen LogP contribution in [0.4, 0.5) is 4.39 Å². The lowest BCUT2D eigenvalue weighted by Crippen LogP contribution is -2.35. The third-order valence-corrected chi connectivity index (χ3v) is 5.74. The minimum atomic E-state index is -0.224. The minimum absolute atomic E-state index is 0.0219. The average molecular weight is 484 g/mol. The summed E-state index contributed by atoms with van der Waals surface area (Å²) in [7, 11) is 0. The molecular weight excluding hydrogens is 461 g/mol. The molecule has 0 saturated carbocycles. The molecule has 4 rings (SSSR count). The van der Waals surface area contributed by atoms with Crippen molar-refractivity contribution >= 4 is 21.8 Å². The van der Waals surface area contributed by atoms with Gasteiger partial charge in [0, 0.05) is 49.5 Å². The number of aromatic nitrogens is 1. The highest BCUT2D eigenvalue weighted by atomic mass is 79.9. The Morgan fingerprint density at radius 2 is 1.74 bits per heavy atom. The lowest BCUT2D eigenvalue weighted by molar-refractivity contribution is 0.0760. The summed E-state index contributed by atoms with van der Waals surface area (Å²) < 4.78 is 19.8. The van der Waals surface area contributed by atoms with E-state index in [4.69, 9.17) is 4.74 Å². The highest BCUT2D eigenvalue weighted by Gasteiger charge is 2.21. The van der Waals surface area contributed by atoms with Crippen LogP contribution in [0.2, 0.25) is 0 Å². The van der Waals surface area contributed by atoms with Crippen LogP contribution in [0.1, 0.15) is 22.3 Å². The molecule has 0 N–H and O–H groups in total. The highest BCUT2D eigenvalue weighted by Crippen LogP contribution is 2.22. The highest BCUT2D eigenvalue weighted by molar-refractivity contribution is 9.10. The van der Waals surface area contributed by atoms with Crippen LogP contribution in [0.5, 0.6) is 11.6 Å². The molecule has 0 atom stereocenters. The number of carbonyl (C=O) groups is 1. The number of carbonyl (C=O) groups excluding carboxylic acids is 1. The number of ether oxygens (including phenoxy) is 1. The Balaban J connectivity index is 1.33. The van der Waals surface area contributed by atoms with Crippen LogP contribution in [0.15, 0.2) is 71.3 Å². The van der Waals surface area contributed by atoms with Crippen LogP contribution in [-0.4, -0.2) is 46.9 Å². The fourth-order valence-electron chi connectivity index (χ4n) is 3.55. The average Bonchev–Trinajstić information content (AvgIpc) is 3.03. The Morgan fingerprint density at radius 1 is 0.968 bits per heavy atom. The van der Waals surface area contributed by atoms with Gasteiger partial charge in [0.1, 0.15) is 11.6 Å². The molecule has 1 aliphatic heterocycles. The molecule has 1 amide bonds. The van der Waals surface area contributed by atoms with E-state index in [1.807, 2.05) is 41.3 Å². The van der Waals surface area contributed by atoms with Gasteiger partial charge in [-0.15, -0.1) is 0 Å². The SMILES string of the molecule is O=C(c1ccc(Oc2ccc(Br)cc2)nc1)N1CCCN(Cc2ccc(F)cc2)CC1. The van der Waals surface area contributed by atoms with Crippen LogP contribution in [-0.2, 0) is 6.54 Å². The molecule has 1 aliphatic rings. The first-order valence-electron chi connectivity index (χ1n) is 10.2. The number of hydrogen-bond donors (Lipinski definition) is 0. The number of hydrogen-bond acceptors (Lipinski definition) is 4. The van der Waals surface area contributed by atoms with Crippen molar-refractivity contribution in [2.75, 3.05) is 26.2 Å². The van der Waals surface area contributed by atoms with Gasteiger partial charge in [-0.2, -0.15) is 0 Å². The van der Waals surface area contributed by atoms with Gasteiger partial charge in [-0.3, -0.25) is 9.69 Å². The van der Waals surface area contributed by atoms with Gasteiger partial charge in [0.15, 0.2) is 0 Å². The van der Waals surface area contributed by atoms with Crippen LogP contribution in [0.3, 0.4) is 0 Å². The summed E-state index contributed by atoms with van der Waals surface area (Å²) in [4.78, 5) is 21.4. The molecule has 0 bridgehead atoms. The first-order valence-corrected chi connectivity index (χ1v) is 11.0. The Morgan fingerprint density at radius 3 is 2.45 bits per heavy atom. The maximum absolute atomic E-state index is 13.1. The molecule has 1 saturated heterocycles. The Hall–Kier alpha value is -2.77. The van der Waals surface area contributed by atoms with Crippen molar-refractivity contribution in [1.82, 2.24) is 14.8 Å². The van der Waals surface area contributed by atoms with Crippen molar-refractivity contribution in [2.24, 2.45) is 0 Å². The van der Waals surface area contributed by atoms with Crippen molar-refractivity contribution in [1.29, 1.82) is 0 Å². The molecule has 0 radical (unpaired) electrons. The van der Waals surface area contributed by atoms with E-state index < -0.39 is 0 Å². The lowest BCUT2D eigenvalue weighted by Gasteiger charge is -2.22. The molecule has 5 nitrogen and oxygen atoms in total. The lowest BCUT2D eigenvalue weighted by atomic mass is 10.2. The maximum Gasteiger partial charge on any atom is 0.255 e. The van der Waals surface area contributed by atoms with E-state index in [1.165, 1.54) is 12.1 Å². The first-order chi connectivity index (χ1) is 15.1. The van der Waals surface area contributed by atoms with E-state index in [9.17, 15) is 9.18 Å². The molecule has 31 heavy (non-hydrogen) atoms. The van der Waals surface area contributed by atoms with Crippen molar-refractivity contribution in [2.45, 2.75) is 13.0 Å². The van der Waals surface area contributed by atoms with Gasteiger partial charge < -0.3 is 9.64 Å². The smallest absolute Gasteiger partial charge is 0.255 e. The van der Waals surface area contributed by atoms with Gasteiger partial charge in [0.2, 0.25) is 5.88 Å². The monoisotopic (exact) mass is 483 g/mol. The van der Waals surface area contributed by atoms with E-state index in [-0.39, 0.29) is 11.7 Å². The second-order valence-electron chi connectivity index (χ2n) is 7.49. The Bertz CT molecular complexity index is 1010. The summed E-state index contributed by atoms with van der Waals surface area (Å²) in [6.07, 6.45) is 2.46.